The summed E-state index contributed by atoms with van der Waals surface area (Å²) in [6.45, 7) is 0.315. The molecule has 5 nitrogen and oxygen atoms in total. The molecule has 1 aromatic carbocycles. The molecule has 0 bridgehead atoms. The minimum Gasteiger partial charge on any atom is -0.458 e. The van der Waals surface area contributed by atoms with Gasteiger partial charge in [0.2, 0.25) is 0 Å². The van der Waals surface area contributed by atoms with Gasteiger partial charge in [-0.15, -0.1) is 0 Å². The van der Waals surface area contributed by atoms with Crippen molar-refractivity contribution >= 4 is 11.7 Å². The zero-order valence-electron chi connectivity index (χ0n) is 8.38. The summed E-state index contributed by atoms with van der Waals surface area (Å²) in [5, 5.41) is 10.4. The average Bonchev–Trinajstić information content (AvgIpc) is 2.65. The Morgan fingerprint density at radius 2 is 2.00 bits per heavy atom. The number of nitrogens with zero attached hydrogens (tertiary/aromatic N) is 1. The fourth-order valence-electron chi connectivity index (χ4n) is 1.51. The zero-order chi connectivity index (χ0) is 11.5. The Balaban J connectivity index is 2.08. The Morgan fingerprint density at radius 1 is 1.31 bits per heavy atom. The van der Waals surface area contributed by atoms with Crippen LogP contribution in [0, 0.1) is 10.1 Å². The van der Waals surface area contributed by atoms with Crippen molar-refractivity contribution in [2.24, 2.45) is 0 Å². The smallest absolute Gasteiger partial charge is 0.331 e. The van der Waals surface area contributed by atoms with Crippen LogP contribution in [0.25, 0.3) is 0 Å². The van der Waals surface area contributed by atoms with Crippen LogP contribution in [0.15, 0.2) is 35.9 Å². The highest BCUT2D eigenvalue weighted by molar-refractivity contribution is 5.85. The first-order valence-electron chi connectivity index (χ1n) is 4.75. The van der Waals surface area contributed by atoms with E-state index in [1.165, 1.54) is 18.2 Å². The van der Waals surface area contributed by atoms with Crippen molar-refractivity contribution in [3.05, 3.63) is 51.6 Å². The van der Waals surface area contributed by atoms with Crippen LogP contribution in [0.3, 0.4) is 0 Å². The first-order valence-corrected chi connectivity index (χ1v) is 4.75. The summed E-state index contributed by atoms with van der Waals surface area (Å²) in [5.74, 6) is -0.322. The van der Waals surface area contributed by atoms with E-state index >= 15 is 0 Å². The zero-order valence-corrected chi connectivity index (χ0v) is 8.38. The molecule has 0 fully saturated rings. The third-order valence-electron chi connectivity index (χ3n) is 2.30. The number of hydrogen-bond donors (Lipinski definition) is 0. The number of nitro benzene ring substituents is 1. The number of carbonyl (C=O) groups is 1. The van der Waals surface area contributed by atoms with Crippen molar-refractivity contribution in [3.63, 3.8) is 0 Å². The van der Waals surface area contributed by atoms with Crippen LogP contribution >= 0.6 is 0 Å². The summed E-state index contributed by atoms with van der Waals surface area (Å²) in [7, 11) is 0. The predicted molar refractivity (Wildman–Crippen MR) is 55.8 cm³/mol. The van der Waals surface area contributed by atoms with Crippen molar-refractivity contribution < 1.29 is 14.5 Å². The lowest BCUT2D eigenvalue weighted by Gasteiger charge is -2.00. The van der Waals surface area contributed by atoms with E-state index in [-0.39, 0.29) is 11.7 Å². The van der Waals surface area contributed by atoms with Crippen LogP contribution < -0.4 is 0 Å². The molecule has 82 valence electrons. The molecule has 0 atom stereocenters. The molecule has 0 saturated heterocycles. The number of benzene rings is 1. The van der Waals surface area contributed by atoms with Gasteiger partial charge >= 0.3 is 5.97 Å². The summed E-state index contributed by atoms with van der Waals surface area (Å²) in [5.41, 5.74) is 1.88. The highest BCUT2D eigenvalue weighted by atomic mass is 16.6. The van der Waals surface area contributed by atoms with Gasteiger partial charge in [0.15, 0.2) is 0 Å². The maximum atomic E-state index is 10.8. The minimum atomic E-state index is -0.439. The van der Waals surface area contributed by atoms with Gasteiger partial charge in [0.25, 0.3) is 5.69 Å². The second-order valence-corrected chi connectivity index (χ2v) is 3.51. The second-order valence-electron chi connectivity index (χ2n) is 3.51. The number of cyclic esters (lactones) is 1. The molecule has 0 amide bonds. The third kappa shape index (κ3) is 2.25. The van der Waals surface area contributed by atoms with Crippen molar-refractivity contribution in [3.8, 4) is 0 Å². The van der Waals surface area contributed by atoms with Crippen LogP contribution in [0.5, 0.6) is 0 Å². The van der Waals surface area contributed by atoms with Gasteiger partial charge in [-0.2, -0.15) is 0 Å². The number of nitro groups is 1. The predicted octanol–water partition coefficient (Wildman–Crippen LogP) is 1.62. The maximum Gasteiger partial charge on any atom is 0.331 e. The maximum absolute atomic E-state index is 10.8. The normalized spacial score (nSPS) is 14.5. The van der Waals surface area contributed by atoms with Gasteiger partial charge in [0.1, 0.15) is 6.61 Å². The van der Waals surface area contributed by atoms with Crippen LogP contribution in [0.1, 0.15) is 5.56 Å². The Kier molecular flexibility index (Phi) is 2.68. The molecule has 0 unspecified atom stereocenters. The highest BCUT2D eigenvalue weighted by Gasteiger charge is 2.13. The largest absolute Gasteiger partial charge is 0.458 e. The van der Waals surface area contributed by atoms with Gasteiger partial charge < -0.3 is 4.74 Å². The molecule has 0 aromatic heterocycles. The number of rotatable bonds is 3. The molecule has 1 aliphatic heterocycles. The lowest BCUT2D eigenvalue weighted by Crippen LogP contribution is -1.95. The van der Waals surface area contributed by atoms with E-state index in [2.05, 4.69) is 0 Å². The van der Waals surface area contributed by atoms with Crippen molar-refractivity contribution in [2.75, 3.05) is 6.61 Å². The third-order valence-corrected chi connectivity index (χ3v) is 2.30. The van der Waals surface area contributed by atoms with Gasteiger partial charge in [-0.1, -0.05) is 12.1 Å². The van der Waals surface area contributed by atoms with Gasteiger partial charge in [-0.05, 0) is 17.6 Å². The van der Waals surface area contributed by atoms with E-state index in [0.29, 0.717) is 13.0 Å². The van der Waals surface area contributed by atoms with Crippen LogP contribution in [0.4, 0.5) is 5.69 Å². The van der Waals surface area contributed by atoms with Crippen LogP contribution in [0.2, 0.25) is 0 Å². The minimum absolute atomic E-state index is 0.0662. The van der Waals surface area contributed by atoms with E-state index in [1.807, 2.05) is 0 Å². The number of hydrogen-bond acceptors (Lipinski definition) is 4. The topological polar surface area (TPSA) is 69.4 Å². The Bertz CT molecular complexity index is 461. The van der Waals surface area contributed by atoms with Gasteiger partial charge in [0, 0.05) is 18.2 Å². The number of esters is 1. The molecule has 16 heavy (non-hydrogen) atoms. The van der Waals surface area contributed by atoms with Crippen molar-refractivity contribution in [2.45, 2.75) is 6.42 Å². The molecule has 0 radical (unpaired) electrons. The molecule has 0 N–H and O–H groups in total. The molecule has 1 aromatic rings. The van der Waals surface area contributed by atoms with E-state index in [1.54, 1.807) is 12.1 Å². The Labute approximate surface area is 91.5 Å². The standard InChI is InChI=1S/C11H9NO4/c13-11-6-9(7-16-11)5-8-1-3-10(4-2-8)12(14)15/h1-4,6H,5,7H2. The summed E-state index contributed by atoms with van der Waals surface area (Å²) in [6.07, 6.45) is 2.05. The summed E-state index contributed by atoms with van der Waals surface area (Å²) >= 11 is 0. The number of carbonyl (C=O) groups excluding carboxylic acids is 1. The first-order chi connectivity index (χ1) is 7.65. The van der Waals surface area contributed by atoms with Crippen molar-refractivity contribution in [1.82, 2.24) is 0 Å². The molecule has 1 aliphatic rings. The number of ether oxygens (including phenoxy) is 1. The van der Waals surface area contributed by atoms with Crippen LogP contribution in [-0.4, -0.2) is 17.5 Å². The number of non-ortho nitro benzene ring substituents is 1. The monoisotopic (exact) mass is 219 g/mol. The lowest BCUT2D eigenvalue weighted by molar-refractivity contribution is -0.384. The summed E-state index contributed by atoms with van der Waals surface area (Å²) in [6, 6.07) is 6.27. The Hall–Kier alpha value is -2.17. The molecule has 0 aliphatic carbocycles. The molecule has 0 spiro atoms. The first kappa shape index (κ1) is 10.4. The molecular formula is C11H9NO4. The molecule has 2 rings (SSSR count). The van der Waals surface area contributed by atoms with Gasteiger partial charge in [-0.25, -0.2) is 4.79 Å². The summed E-state index contributed by atoms with van der Waals surface area (Å²) in [4.78, 5) is 20.8. The average molecular weight is 219 g/mol. The molecule has 1 heterocycles. The van der Waals surface area contributed by atoms with Crippen molar-refractivity contribution in [1.29, 1.82) is 0 Å². The fraction of sp³-hybridized carbons (Fsp3) is 0.182. The summed E-state index contributed by atoms with van der Waals surface area (Å²) < 4.78 is 4.76. The van der Waals surface area contributed by atoms with E-state index in [9.17, 15) is 14.9 Å². The fourth-order valence-corrected chi connectivity index (χ4v) is 1.51. The second kappa shape index (κ2) is 4.14. The van der Waals surface area contributed by atoms with E-state index < -0.39 is 4.92 Å². The quantitative estimate of drug-likeness (QED) is 0.440. The Morgan fingerprint density at radius 3 is 2.50 bits per heavy atom. The molecular weight excluding hydrogens is 210 g/mol. The van der Waals surface area contributed by atoms with Gasteiger partial charge in [-0.3, -0.25) is 10.1 Å². The van der Waals surface area contributed by atoms with E-state index in [4.69, 9.17) is 4.74 Å². The molecule has 5 heteroatoms. The lowest BCUT2D eigenvalue weighted by atomic mass is 10.1. The molecule has 0 saturated carbocycles. The van der Waals surface area contributed by atoms with Crippen LogP contribution in [-0.2, 0) is 16.0 Å². The van der Waals surface area contributed by atoms with E-state index in [0.717, 1.165) is 11.1 Å². The SMILES string of the molecule is O=C1C=C(Cc2ccc([N+](=O)[O-])cc2)CO1. The van der Waals surface area contributed by atoms with Gasteiger partial charge in [0.05, 0.1) is 4.92 Å². The highest BCUT2D eigenvalue weighted by Crippen LogP contribution is 2.16.